The molecule has 3 rings (SSSR count). The first-order valence-electron chi connectivity index (χ1n) is 6.94. The van der Waals surface area contributed by atoms with Crippen molar-refractivity contribution in [1.82, 2.24) is 0 Å². The normalized spacial score (nSPS) is 12.8. The molecule has 3 heteroatoms. The highest BCUT2D eigenvalue weighted by molar-refractivity contribution is 5.79. The molecule has 1 aliphatic rings. The van der Waals surface area contributed by atoms with E-state index in [-0.39, 0.29) is 11.9 Å². The maximum absolute atomic E-state index is 11.6. The Morgan fingerprint density at radius 2 is 1.55 bits per heavy atom. The molecule has 0 fully saturated rings. The number of carbonyl (C=O) groups excluding carboxylic acids is 1. The van der Waals surface area contributed by atoms with Crippen molar-refractivity contribution in [2.45, 2.75) is 12.3 Å². The number of rotatable bonds is 4. The molecule has 0 aromatic heterocycles. The number of fused-ring (bicyclic) bond motifs is 3. The zero-order valence-electron chi connectivity index (χ0n) is 11.3. The number of ether oxygens (including phenoxy) is 1. The predicted molar refractivity (Wildman–Crippen MR) is 77.1 cm³/mol. The summed E-state index contributed by atoms with van der Waals surface area (Å²) in [4.78, 5) is 11.6. The Balaban J connectivity index is 1.89. The van der Waals surface area contributed by atoms with Crippen molar-refractivity contribution in [3.63, 3.8) is 0 Å². The second kappa shape index (κ2) is 5.47. The van der Waals surface area contributed by atoms with Crippen LogP contribution < -0.4 is 5.73 Å². The van der Waals surface area contributed by atoms with Gasteiger partial charge in [0.2, 0.25) is 0 Å². The van der Waals surface area contributed by atoms with E-state index in [1.807, 2.05) is 24.3 Å². The average molecular weight is 268 g/mol. The number of benzene rings is 2. The van der Waals surface area contributed by atoms with Gasteiger partial charge in [-0.25, -0.2) is 0 Å². The largest absolute Gasteiger partial charge is 0.465 e. The zero-order chi connectivity index (χ0) is 13.9. The fourth-order valence-corrected chi connectivity index (χ4v) is 2.83. The van der Waals surface area contributed by atoms with E-state index < -0.39 is 0 Å². The molecule has 0 heterocycles. The first-order chi connectivity index (χ1) is 9.81. The van der Waals surface area contributed by atoms with Crippen molar-refractivity contribution in [3.8, 4) is 11.1 Å². The number of hydrogen-bond acceptors (Lipinski definition) is 2. The van der Waals surface area contributed by atoms with Crippen molar-refractivity contribution < 1.29 is 15.3 Å². The molecule has 3 nitrogen and oxygen atoms in total. The summed E-state index contributed by atoms with van der Waals surface area (Å²) in [6.07, 6.45) is 0.385. The molecular weight excluding hydrogens is 250 g/mol. The fraction of sp³-hybridized carbons (Fsp3) is 0.235. The molecule has 2 aromatic rings. The lowest BCUT2D eigenvalue weighted by Crippen LogP contribution is -2.51. The quantitative estimate of drug-likeness (QED) is 0.862. The van der Waals surface area contributed by atoms with Gasteiger partial charge in [-0.1, -0.05) is 48.5 Å². The summed E-state index contributed by atoms with van der Waals surface area (Å²) < 4.78 is 5.40. The summed E-state index contributed by atoms with van der Waals surface area (Å²) in [5.41, 5.74) is 8.67. The van der Waals surface area contributed by atoms with Gasteiger partial charge >= 0.3 is 5.97 Å². The minimum Gasteiger partial charge on any atom is -0.465 e. The van der Waals surface area contributed by atoms with Crippen molar-refractivity contribution >= 4 is 5.97 Å². The second-order valence-corrected chi connectivity index (χ2v) is 5.01. The monoisotopic (exact) mass is 268 g/mol. The molecule has 1 aliphatic carbocycles. The molecule has 0 radical (unpaired) electrons. The van der Waals surface area contributed by atoms with Gasteiger partial charge in [-0.3, -0.25) is 4.79 Å². The Morgan fingerprint density at radius 3 is 2.10 bits per heavy atom. The second-order valence-electron chi connectivity index (χ2n) is 5.01. The van der Waals surface area contributed by atoms with Crippen LogP contribution in [0.3, 0.4) is 0 Å². The average Bonchev–Trinajstić information content (AvgIpc) is 2.80. The molecule has 0 atom stereocenters. The van der Waals surface area contributed by atoms with Crippen LogP contribution in [0.15, 0.2) is 48.5 Å². The molecule has 20 heavy (non-hydrogen) atoms. The first-order valence-corrected chi connectivity index (χ1v) is 6.94. The highest BCUT2D eigenvalue weighted by Gasteiger charge is 2.28. The number of carbonyl (C=O) groups is 1. The third-order valence-corrected chi connectivity index (χ3v) is 3.75. The standard InChI is InChI=1S/C17H17NO2/c18-10-9-17(19)20-11-16-14-7-3-1-5-12(14)13-6-2-4-8-15(13)16/h1-8,16H,9-11,18H2/p+1. The van der Waals surface area contributed by atoms with Gasteiger partial charge in [-0.2, -0.15) is 0 Å². The van der Waals surface area contributed by atoms with Gasteiger partial charge in [0, 0.05) is 5.92 Å². The van der Waals surface area contributed by atoms with E-state index in [9.17, 15) is 4.79 Å². The van der Waals surface area contributed by atoms with Gasteiger partial charge in [0.05, 0.1) is 13.0 Å². The van der Waals surface area contributed by atoms with Crippen LogP contribution in [-0.4, -0.2) is 19.1 Å². The molecule has 3 N–H and O–H groups in total. The van der Waals surface area contributed by atoms with Gasteiger partial charge < -0.3 is 10.5 Å². The van der Waals surface area contributed by atoms with Gasteiger partial charge in [-0.15, -0.1) is 0 Å². The SMILES string of the molecule is [NH3+]CCC(=O)OCC1c2ccccc2-c2ccccc21. The molecule has 0 spiro atoms. The Kier molecular flexibility index (Phi) is 3.52. The molecule has 102 valence electrons. The van der Waals surface area contributed by atoms with Crippen molar-refractivity contribution in [2.24, 2.45) is 0 Å². The molecule has 0 unspecified atom stereocenters. The Morgan fingerprint density at radius 1 is 1.00 bits per heavy atom. The number of hydrogen-bond donors (Lipinski definition) is 1. The summed E-state index contributed by atoms with van der Waals surface area (Å²) in [7, 11) is 0. The van der Waals surface area contributed by atoms with Crippen molar-refractivity contribution in [2.75, 3.05) is 13.2 Å². The third-order valence-electron chi connectivity index (χ3n) is 3.75. The number of esters is 1. The number of quaternary nitrogens is 1. The molecule has 2 aromatic carbocycles. The van der Waals surface area contributed by atoms with Crippen LogP contribution in [0.25, 0.3) is 11.1 Å². The van der Waals surface area contributed by atoms with Crippen molar-refractivity contribution in [1.29, 1.82) is 0 Å². The smallest absolute Gasteiger partial charge is 0.311 e. The van der Waals surface area contributed by atoms with Crippen LogP contribution in [0.2, 0.25) is 0 Å². The Hall–Kier alpha value is -2.13. The van der Waals surface area contributed by atoms with Gasteiger partial charge in [-0.05, 0) is 22.3 Å². The van der Waals surface area contributed by atoms with E-state index in [1.165, 1.54) is 22.3 Å². The van der Waals surface area contributed by atoms with Crippen LogP contribution >= 0.6 is 0 Å². The third kappa shape index (κ3) is 2.21. The molecular formula is C17H18NO2+. The lowest BCUT2D eigenvalue weighted by atomic mass is 9.98. The van der Waals surface area contributed by atoms with Crippen LogP contribution in [0, 0.1) is 0 Å². The van der Waals surface area contributed by atoms with Crippen LogP contribution in [0.5, 0.6) is 0 Å². The highest BCUT2D eigenvalue weighted by atomic mass is 16.5. The molecule has 0 saturated heterocycles. The van der Waals surface area contributed by atoms with Gasteiger partial charge in [0.25, 0.3) is 0 Å². The zero-order valence-corrected chi connectivity index (χ0v) is 11.3. The summed E-state index contributed by atoms with van der Waals surface area (Å²) in [6, 6.07) is 16.7. The summed E-state index contributed by atoms with van der Waals surface area (Å²) >= 11 is 0. The van der Waals surface area contributed by atoms with Crippen LogP contribution in [0.1, 0.15) is 23.5 Å². The topological polar surface area (TPSA) is 53.9 Å². The Labute approximate surface area is 118 Å². The van der Waals surface area contributed by atoms with Crippen LogP contribution in [0.4, 0.5) is 0 Å². The minimum absolute atomic E-state index is 0.149. The summed E-state index contributed by atoms with van der Waals surface area (Å²) in [5.74, 6) is -0.0157. The fourth-order valence-electron chi connectivity index (χ4n) is 2.83. The first kappa shape index (κ1) is 12.9. The van der Waals surface area contributed by atoms with E-state index in [0.29, 0.717) is 19.6 Å². The van der Waals surface area contributed by atoms with E-state index in [1.54, 1.807) is 0 Å². The molecule has 0 saturated carbocycles. The molecule has 0 amide bonds. The van der Waals surface area contributed by atoms with Crippen LogP contribution in [-0.2, 0) is 9.53 Å². The lowest BCUT2D eigenvalue weighted by Gasteiger charge is -2.13. The van der Waals surface area contributed by atoms with E-state index >= 15 is 0 Å². The molecule has 0 aliphatic heterocycles. The Bertz CT molecular complexity index is 591. The lowest BCUT2D eigenvalue weighted by molar-refractivity contribution is -0.366. The van der Waals surface area contributed by atoms with E-state index in [0.717, 1.165) is 0 Å². The van der Waals surface area contributed by atoms with E-state index in [4.69, 9.17) is 4.74 Å². The summed E-state index contributed by atoms with van der Waals surface area (Å²) in [5, 5.41) is 0. The van der Waals surface area contributed by atoms with E-state index in [2.05, 4.69) is 30.0 Å². The minimum atomic E-state index is -0.165. The highest BCUT2D eigenvalue weighted by Crippen LogP contribution is 2.44. The maximum atomic E-state index is 11.6. The van der Waals surface area contributed by atoms with Gasteiger partial charge in [0.1, 0.15) is 6.61 Å². The predicted octanol–water partition coefficient (Wildman–Crippen LogP) is 1.97. The summed E-state index contributed by atoms with van der Waals surface area (Å²) in [6.45, 7) is 0.990. The maximum Gasteiger partial charge on any atom is 0.311 e. The van der Waals surface area contributed by atoms with Crippen molar-refractivity contribution in [3.05, 3.63) is 59.7 Å². The molecule has 0 bridgehead atoms. The van der Waals surface area contributed by atoms with Gasteiger partial charge in [0.15, 0.2) is 0 Å².